The highest BCUT2D eigenvalue weighted by Gasteiger charge is 2.48. The molecule has 12 nitrogen and oxygen atoms in total. The van der Waals surface area contributed by atoms with E-state index in [1.54, 1.807) is 0 Å². The highest BCUT2D eigenvalue weighted by atomic mass is 16.7. The summed E-state index contributed by atoms with van der Waals surface area (Å²) in [4.78, 5) is 12.5. The fourth-order valence-corrected chi connectivity index (χ4v) is 4.83. The quantitative estimate of drug-likeness (QED) is 0.0747. The van der Waals surface area contributed by atoms with E-state index in [-0.39, 0.29) is 12.4 Å². The highest BCUT2D eigenvalue weighted by molar-refractivity contribution is 5.89. The third-order valence-electron chi connectivity index (χ3n) is 7.34. The molecule has 0 spiro atoms. The van der Waals surface area contributed by atoms with Gasteiger partial charge < -0.3 is 54.7 Å². The zero-order valence-corrected chi connectivity index (χ0v) is 23.6. The van der Waals surface area contributed by atoms with Crippen molar-refractivity contribution in [2.24, 2.45) is 0 Å². The molecule has 0 aromatic carbocycles. The van der Waals surface area contributed by atoms with Gasteiger partial charge in [-0.1, -0.05) is 84.0 Å². The Morgan fingerprint density at radius 1 is 0.825 bits per heavy atom. The van der Waals surface area contributed by atoms with Gasteiger partial charge in [0, 0.05) is 0 Å². The van der Waals surface area contributed by atoms with E-state index < -0.39 is 74.0 Å². The lowest BCUT2D eigenvalue weighted by Gasteiger charge is -2.39. The monoisotopic (exact) mass is 578 g/mol. The third-order valence-corrected chi connectivity index (χ3v) is 7.34. The summed E-state index contributed by atoms with van der Waals surface area (Å²) in [6, 6.07) is 0. The molecule has 1 fully saturated rings. The number of esters is 1. The second kappa shape index (κ2) is 18.8. The van der Waals surface area contributed by atoms with Gasteiger partial charge in [0.1, 0.15) is 37.1 Å². The Hall–Kier alpha value is -1.51. The van der Waals surface area contributed by atoms with Crippen LogP contribution in [0.4, 0.5) is 0 Å². The molecule has 2 heterocycles. The Morgan fingerprint density at radius 3 is 1.95 bits per heavy atom. The van der Waals surface area contributed by atoms with E-state index in [1.165, 1.54) is 51.4 Å². The number of hydrogen-bond donors (Lipinski definition) is 7. The molecule has 8 atom stereocenters. The normalized spacial score (nSPS) is 28.4. The Bertz CT molecular complexity index is 745. The van der Waals surface area contributed by atoms with E-state index in [0.717, 1.165) is 25.7 Å². The first-order chi connectivity index (χ1) is 19.2. The van der Waals surface area contributed by atoms with Crippen molar-refractivity contribution in [2.75, 3.05) is 19.8 Å². The van der Waals surface area contributed by atoms with Gasteiger partial charge in [-0.2, -0.15) is 0 Å². The van der Waals surface area contributed by atoms with Crippen LogP contribution in [0.2, 0.25) is 0 Å². The zero-order valence-electron chi connectivity index (χ0n) is 23.6. The summed E-state index contributed by atoms with van der Waals surface area (Å²) in [5, 5.41) is 69.5. The van der Waals surface area contributed by atoms with Gasteiger partial charge in [-0.15, -0.1) is 0 Å². The third kappa shape index (κ3) is 10.7. The van der Waals surface area contributed by atoms with Crippen molar-refractivity contribution in [3.8, 4) is 0 Å². The number of aliphatic hydroxyl groups excluding tert-OH is 7. The van der Waals surface area contributed by atoms with Crippen molar-refractivity contribution in [1.29, 1.82) is 0 Å². The molecule has 12 heteroatoms. The predicted octanol–water partition coefficient (Wildman–Crippen LogP) is 0.762. The number of aliphatic hydroxyl groups is 7. The maximum Gasteiger partial charge on any atom is 0.378 e. The van der Waals surface area contributed by atoms with Crippen molar-refractivity contribution in [3.05, 3.63) is 11.5 Å². The van der Waals surface area contributed by atoms with Gasteiger partial charge in [-0.05, 0) is 6.42 Å². The molecule has 0 amide bonds. The number of cyclic esters (lactones) is 1. The molecule has 0 aliphatic carbocycles. The van der Waals surface area contributed by atoms with Crippen molar-refractivity contribution in [2.45, 2.75) is 139 Å². The summed E-state index contributed by atoms with van der Waals surface area (Å²) in [5.41, 5.74) is 0. The van der Waals surface area contributed by atoms with Gasteiger partial charge in [0.2, 0.25) is 12.0 Å². The van der Waals surface area contributed by atoms with Gasteiger partial charge in [0.25, 0.3) is 0 Å². The van der Waals surface area contributed by atoms with Gasteiger partial charge >= 0.3 is 5.97 Å². The van der Waals surface area contributed by atoms with Crippen LogP contribution in [0.25, 0.3) is 0 Å². The summed E-state index contributed by atoms with van der Waals surface area (Å²) >= 11 is 0. The van der Waals surface area contributed by atoms with Crippen LogP contribution in [-0.2, 0) is 23.7 Å². The molecule has 0 saturated carbocycles. The van der Waals surface area contributed by atoms with Crippen LogP contribution < -0.4 is 0 Å². The van der Waals surface area contributed by atoms with Crippen molar-refractivity contribution in [1.82, 2.24) is 0 Å². The minimum absolute atomic E-state index is 0.250. The number of carbonyl (C=O) groups excluding carboxylic acids is 1. The molecule has 40 heavy (non-hydrogen) atoms. The first-order valence-corrected chi connectivity index (χ1v) is 14.8. The number of ether oxygens (including phenoxy) is 4. The van der Waals surface area contributed by atoms with Crippen LogP contribution in [0.15, 0.2) is 11.5 Å². The van der Waals surface area contributed by atoms with Gasteiger partial charge in [0.15, 0.2) is 11.9 Å². The van der Waals surface area contributed by atoms with Crippen LogP contribution in [-0.4, -0.2) is 111 Å². The number of carbonyl (C=O) groups is 1. The summed E-state index contributed by atoms with van der Waals surface area (Å²) in [5.74, 6) is -1.98. The molecule has 0 radical (unpaired) electrons. The van der Waals surface area contributed by atoms with E-state index in [9.17, 15) is 40.5 Å². The lowest BCUT2D eigenvalue weighted by atomic mass is 9.99. The Morgan fingerprint density at radius 2 is 1.40 bits per heavy atom. The molecule has 2 rings (SSSR count). The minimum Gasteiger partial charge on any atom is -0.487 e. The fourth-order valence-electron chi connectivity index (χ4n) is 4.83. The van der Waals surface area contributed by atoms with E-state index >= 15 is 0 Å². The molecule has 234 valence electrons. The highest BCUT2D eigenvalue weighted by Crippen LogP contribution is 2.31. The van der Waals surface area contributed by atoms with E-state index in [0.29, 0.717) is 6.42 Å². The molecule has 0 bridgehead atoms. The molecular formula is C28H50O12. The van der Waals surface area contributed by atoms with Gasteiger partial charge in [-0.3, -0.25) is 0 Å². The second-order valence-electron chi connectivity index (χ2n) is 10.7. The second-order valence-corrected chi connectivity index (χ2v) is 10.7. The summed E-state index contributed by atoms with van der Waals surface area (Å²) < 4.78 is 21.4. The SMILES string of the molecule is CCCCCCCCCCCCCCC(O)COC1=C(O[C@H]2O[C@@H](CO)[C@H](O)[C@@H](O)[C@@H]2O)C(=O)O[C@@H]1[C@H](O)CO. The first-order valence-electron chi connectivity index (χ1n) is 14.8. The van der Waals surface area contributed by atoms with Crippen LogP contribution in [0, 0.1) is 0 Å². The van der Waals surface area contributed by atoms with E-state index in [1.807, 2.05) is 0 Å². The Balaban J connectivity index is 1.82. The number of hydrogen-bond acceptors (Lipinski definition) is 12. The van der Waals surface area contributed by atoms with Crippen LogP contribution in [0.5, 0.6) is 0 Å². The summed E-state index contributed by atoms with van der Waals surface area (Å²) in [7, 11) is 0. The van der Waals surface area contributed by atoms with Crippen molar-refractivity contribution in [3.63, 3.8) is 0 Å². The summed E-state index contributed by atoms with van der Waals surface area (Å²) in [6.45, 7) is 0.507. The fraction of sp³-hybridized carbons (Fsp3) is 0.893. The lowest BCUT2D eigenvalue weighted by Crippen LogP contribution is -2.59. The molecule has 1 unspecified atom stereocenters. The number of unbranched alkanes of at least 4 members (excludes halogenated alkanes) is 11. The molecule has 1 saturated heterocycles. The average Bonchev–Trinajstić information content (AvgIpc) is 3.26. The van der Waals surface area contributed by atoms with Crippen LogP contribution >= 0.6 is 0 Å². The zero-order chi connectivity index (χ0) is 29.5. The predicted molar refractivity (Wildman–Crippen MR) is 143 cm³/mol. The average molecular weight is 579 g/mol. The van der Waals surface area contributed by atoms with Gasteiger partial charge in [-0.25, -0.2) is 4.79 Å². The van der Waals surface area contributed by atoms with Crippen LogP contribution in [0.1, 0.15) is 90.4 Å². The van der Waals surface area contributed by atoms with Crippen LogP contribution in [0.3, 0.4) is 0 Å². The smallest absolute Gasteiger partial charge is 0.378 e. The maximum atomic E-state index is 12.5. The topological polar surface area (TPSA) is 196 Å². The van der Waals surface area contributed by atoms with E-state index in [4.69, 9.17) is 18.9 Å². The Labute approximate surface area is 236 Å². The molecule has 7 N–H and O–H groups in total. The molecular weight excluding hydrogens is 528 g/mol. The molecule has 0 aromatic heterocycles. The number of rotatable bonds is 21. The molecule has 2 aliphatic rings. The summed E-state index contributed by atoms with van der Waals surface area (Å²) in [6.07, 6.45) is 2.77. The van der Waals surface area contributed by atoms with Crippen molar-refractivity contribution < 1.29 is 59.5 Å². The van der Waals surface area contributed by atoms with Gasteiger partial charge in [0.05, 0.1) is 19.3 Å². The van der Waals surface area contributed by atoms with E-state index in [2.05, 4.69) is 6.92 Å². The first kappa shape index (κ1) is 34.7. The minimum atomic E-state index is -1.79. The maximum absolute atomic E-state index is 12.5. The van der Waals surface area contributed by atoms with Crippen molar-refractivity contribution >= 4 is 5.97 Å². The molecule has 0 aromatic rings. The standard InChI is InChI=1S/C28H50O12/c1-2-3-4-5-6-7-8-9-10-11-12-13-14-18(31)17-37-25-24(19(32)15-29)39-27(36)26(25)40-28-23(35)22(34)21(33)20(16-30)38-28/h18-24,28-35H,2-17H2,1H3/t18?,19-,20+,21+,22-,23+,24-,28-/m1/s1. The molecule has 2 aliphatic heterocycles. The largest absolute Gasteiger partial charge is 0.487 e. The Kier molecular flexibility index (Phi) is 16.3. The lowest BCUT2D eigenvalue weighted by molar-refractivity contribution is -0.291.